The van der Waals surface area contributed by atoms with Gasteiger partial charge in [0, 0.05) is 31.1 Å². The number of ether oxygens (including phenoxy) is 1. The van der Waals surface area contributed by atoms with E-state index >= 15 is 0 Å². The first-order chi connectivity index (χ1) is 21.3. The molecule has 3 aromatic carbocycles. The van der Waals surface area contributed by atoms with Crippen LogP contribution in [0.15, 0.2) is 48.5 Å². The molecule has 10 nitrogen and oxygen atoms in total. The van der Waals surface area contributed by atoms with Gasteiger partial charge in [-0.05, 0) is 112 Å². The Bertz CT molecular complexity index is 1770. The first-order valence-electron chi connectivity index (χ1n) is 15.3. The molecule has 2 heterocycles. The summed E-state index contributed by atoms with van der Waals surface area (Å²) in [4.78, 5) is 45.8. The van der Waals surface area contributed by atoms with Crippen molar-refractivity contribution < 1.29 is 24.0 Å². The zero-order valence-corrected chi connectivity index (χ0v) is 27.1. The van der Waals surface area contributed by atoms with Gasteiger partial charge in [0.15, 0.2) is 0 Å². The number of hydroxylamine groups is 1. The molecule has 4 aromatic rings. The summed E-state index contributed by atoms with van der Waals surface area (Å²) in [5, 5.41) is 8.70. The number of carbonyl (C=O) groups excluding carboxylic acids is 3. The van der Waals surface area contributed by atoms with Crippen molar-refractivity contribution in [3.63, 3.8) is 0 Å². The first-order valence-corrected chi connectivity index (χ1v) is 15.3. The van der Waals surface area contributed by atoms with Crippen LogP contribution in [0, 0.1) is 20.8 Å². The van der Waals surface area contributed by atoms with Crippen LogP contribution in [0.25, 0.3) is 11.0 Å². The van der Waals surface area contributed by atoms with Gasteiger partial charge in [-0.3, -0.25) is 4.79 Å². The molecule has 0 saturated heterocycles. The lowest BCUT2D eigenvalue weighted by Crippen LogP contribution is -2.36. The highest BCUT2D eigenvalue weighted by molar-refractivity contribution is 5.94. The van der Waals surface area contributed by atoms with Gasteiger partial charge in [0.25, 0.3) is 5.91 Å². The van der Waals surface area contributed by atoms with Gasteiger partial charge in [-0.1, -0.05) is 35.5 Å². The minimum absolute atomic E-state index is 0.00260. The quantitative estimate of drug-likeness (QED) is 0.263. The number of aromatic nitrogens is 3. The Morgan fingerprint density at radius 3 is 2.47 bits per heavy atom. The zero-order valence-electron chi connectivity index (χ0n) is 27.1. The van der Waals surface area contributed by atoms with Crippen molar-refractivity contribution in [3.05, 3.63) is 93.0 Å². The Kier molecular flexibility index (Phi) is 8.95. The molecular formula is C35H41N5O5. The van der Waals surface area contributed by atoms with Gasteiger partial charge in [0.2, 0.25) is 0 Å². The van der Waals surface area contributed by atoms with E-state index in [1.165, 1.54) is 5.56 Å². The number of amides is 2. The van der Waals surface area contributed by atoms with E-state index in [-0.39, 0.29) is 12.3 Å². The Morgan fingerprint density at radius 2 is 1.76 bits per heavy atom. The monoisotopic (exact) mass is 611 g/mol. The zero-order chi connectivity index (χ0) is 32.5. The average molecular weight is 612 g/mol. The lowest BCUT2D eigenvalue weighted by atomic mass is 9.83. The number of nitrogens with one attached hydrogen (secondary N) is 1. The van der Waals surface area contributed by atoms with Crippen molar-refractivity contribution in [2.45, 2.75) is 85.9 Å². The molecule has 0 radical (unpaired) electrons. The molecule has 0 spiro atoms. The minimum atomic E-state index is -0.844. The molecule has 1 atom stereocenters. The summed E-state index contributed by atoms with van der Waals surface area (Å²) in [7, 11) is 0. The van der Waals surface area contributed by atoms with Crippen LogP contribution in [0.3, 0.4) is 0 Å². The number of fused-ring (bicyclic) bond motifs is 2. The highest BCUT2D eigenvalue weighted by atomic mass is 16.7. The molecule has 1 aliphatic rings. The van der Waals surface area contributed by atoms with Gasteiger partial charge >= 0.3 is 12.1 Å². The van der Waals surface area contributed by atoms with Crippen LogP contribution in [-0.2, 0) is 33.9 Å². The first kappa shape index (κ1) is 31.7. The number of hydrogen-bond acceptors (Lipinski definition) is 7. The summed E-state index contributed by atoms with van der Waals surface area (Å²) in [5.41, 5.74) is 10.9. The van der Waals surface area contributed by atoms with Crippen LogP contribution in [0.4, 0.5) is 4.79 Å². The summed E-state index contributed by atoms with van der Waals surface area (Å²) in [6, 6.07) is 16.0. The van der Waals surface area contributed by atoms with Crippen LogP contribution < -0.4 is 5.48 Å². The summed E-state index contributed by atoms with van der Waals surface area (Å²) in [6.45, 7) is 15.0. The van der Waals surface area contributed by atoms with E-state index in [9.17, 15) is 14.4 Å². The normalized spacial score (nSPS) is 13.7. The van der Waals surface area contributed by atoms with E-state index < -0.39 is 23.6 Å². The summed E-state index contributed by atoms with van der Waals surface area (Å²) < 4.78 is 7.03. The third-order valence-corrected chi connectivity index (χ3v) is 8.36. The summed E-state index contributed by atoms with van der Waals surface area (Å²) in [5.74, 6) is -1.03. The minimum Gasteiger partial charge on any atom is -0.442 e. The van der Waals surface area contributed by atoms with Gasteiger partial charge in [-0.15, -0.1) is 10.6 Å². The van der Waals surface area contributed by atoms with Crippen molar-refractivity contribution in [3.8, 4) is 0 Å². The molecule has 10 heteroatoms. The maximum atomic E-state index is 13.5. The standard InChI is InChI=1S/C35H41N5O5/c1-8-40-30-14-13-28(23(4)32(30)36-38-40)29(19-31(41)45-37-34(43)44-35(5,6)7)25-12-11-24-15-16-39(20-27(24)18-25)33(42)26-10-9-21(2)22(3)17-26/h9-14,17-18,29H,8,15-16,19-20H2,1-7H3,(H,37,43)/t29-/m0/s1. The van der Waals surface area contributed by atoms with Gasteiger partial charge in [-0.25, -0.2) is 14.3 Å². The molecule has 236 valence electrons. The van der Waals surface area contributed by atoms with Gasteiger partial charge in [0.1, 0.15) is 11.1 Å². The smallest absolute Gasteiger partial charge is 0.441 e. The third-order valence-electron chi connectivity index (χ3n) is 8.36. The van der Waals surface area contributed by atoms with E-state index in [2.05, 4.69) is 27.9 Å². The second-order valence-electron chi connectivity index (χ2n) is 12.7. The van der Waals surface area contributed by atoms with Crippen molar-refractivity contribution >= 4 is 29.0 Å². The number of aryl methyl sites for hydroxylation is 4. The number of hydrogen-bond donors (Lipinski definition) is 1. The molecule has 0 unspecified atom stereocenters. The predicted molar refractivity (Wildman–Crippen MR) is 171 cm³/mol. The molecule has 0 fully saturated rings. The van der Waals surface area contributed by atoms with Crippen molar-refractivity contribution in [2.24, 2.45) is 0 Å². The van der Waals surface area contributed by atoms with E-state index in [0.29, 0.717) is 25.2 Å². The van der Waals surface area contributed by atoms with E-state index in [1.807, 2.05) is 73.7 Å². The fraction of sp³-hybridized carbons (Fsp3) is 0.400. The molecule has 0 bridgehead atoms. The molecule has 5 rings (SSSR count). The maximum Gasteiger partial charge on any atom is 0.441 e. The number of nitrogens with zero attached hydrogens (tertiary/aromatic N) is 4. The molecule has 1 aliphatic heterocycles. The van der Waals surface area contributed by atoms with Gasteiger partial charge in [0.05, 0.1) is 11.9 Å². The average Bonchev–Trinajstić information content (AvgIpc) is 3.43. The number of carbonyl (C=O) groups is 3. The molecule has 0 aliphatic carbocycles. The van der Waals surface area contributed by atoms with Gasteiger partial charge < -0.3 is 14.5 Å². The SMILES string of the molecule is CCn1nnc2c(C)c([C@@H](CC(=O)ONC(=O)OC(C)(C)C)c3ccc4c(c3)CN(C(=O)c3ccc(C)c(C)c3)CC4)ccc21. The van der Waals surface area contributed by atoms with E-state index in [4.69, 9.17) is 9.57 Å². The third kappa shape index (κ3) is 7.00. The Balaban J connectivity index is 1.45. The van der Waals surface area contributed by atoms with Gasteiger partial charge in [-0.2, -0.15) is 0 Å². The summed E-state index contributed by atoms with van der Waals surface area (Å²) >= 11 is 0. The van der Waals surface area contributed by atoms with Crippen molar-refractivity contribution in [1.29, 1.82) is 0 Å². The molecule has 1 N–H and O–H groups in total. The molecule has 2 amide bonds. The lowest BCUT2D eigenvalue weighted by Gasteiger charge is -2.30. The van der Waals surface area contributed by atoms with E-state index in [1.54, 1.807) is 20.8 Å². The van der Waals surface area contributed by atoms with Crippen LogP contribution in [0.2, 0.25) is 0 Å². The van der Waals surface area contributed by atoms with Crippen LogP contribution in [0.1, 0.15) is 89.3 Å². The fourth-order valence-corrected chi connectivity index (χ4v) is 5.83. The lowest BCUT2D eigenvalue weighted by molar-refractivity contribution is -0.150. The Hall–Kier alpha value is -4.73. The number of rotatable bonds is 6. The maximum absolute atomic E-state index is 13.5. The topological polar surface area (TPSA) is 116 Å². The molecule has 0 saturated carbocycles. The molecular weight excluding hydrogens is 570 g/mol. The summed E-state index contributed by atoms with van der Waals surface area (Å²) in [6.07, 6.45) is -0.152. The van der Waals surface area contributed by atoms with Crippen molar-refractivity contribution in [2.75, 3.05) is 6.54 Å². The Morgan fingerprint density at radius 1 is 0.978 bits per heavy atom. The van der Waals surface area contributed by atoms with E-state index in [0.717, 1.165) is 50.8 Å². The molecule has 45 heavy (non-hydrogen) atoms. The van der Waals surface area contributed by atoms with Crippen LogP contribution >= 0.6 is 0 Å². The predicted octanol–water partition coefficient (Wildman–Crippen LogP) is 6.08. The molecule has 1 aromatic heterocycles. The largest absolute Gasteiger partial charge is 0.442 e. The number of benzene rings is 3. The second-order valence-corrected chi connectivity index (χ2v) is 12.7. The Labute approximate surface area is 263 Å². The second kappa shape index (κ2) is 12.7. The highest BCUT2D eigenvalue weighted by Crippen LogP contribution is 2.35. The van der Waals surface area contributed by atoms with Crippen LogP contribution in [-0.4, -0.2) is 50.0 Å². The van der Waals surface area contributed by atoms with Crippen LogP contribution in [0.5, 0.6) is 0 Å². The fourth-order valence-electron chi connectivity index (χ4n) is 5.83. The highest BCUT2D eigenvalue weighted by Gasteiger charge is 2.27. The van der Waals surface area contributed by atoms with Crippen molar-refractivity contribution in [1.82, 2.24) is 25.4 Å².